The van der Waals surface area contributed by atoms with Crippen molar-refractivity contribution in [1.82, 2.24) is 24.5 Å². The maximum Gasteiger partial charge on any atom is 0.272 e. The van der Waals surface area contributed by atoms with Crippen LogP contribution >= 0.6 is 0 Å². The lowest BCUT2D eigenvalue weighted by molar-refractivity contribution is 0.0750. The van der Waals surface area contributed by atoms with Crippen molar-refractivity contribution in [2.45, 2.75) is 38.5 Å². The molecule has 0 unspecified atom stereocenters. The number of aromatic nitrogens is 4. The van der Waals surface area contributed by atoms with Crippen molar-refractivity contribution in [2.75, 3.05) is 13.1 Å². The summed E-state index contributed by atoms with van der Waals surface area (Å²) in [6, 6.07) is 10.3. The Bertz CT molecular complexity index is 1060. The zero-order valence-electron chi connectivity index (χ0n) is 17.2. The van der Waals surface area contributed by atoms with Crippen molar-refractivity contribution in [3.05, 3.63) is 58.5 Å². The summed E-state index contributed by atoms with van der Waals surface area (Å²) in [5, 5.41) is 9.44. The highest BCUT2D eigenvalue weighted by atomic mass is 16.2. The molecule has 0 radical (unpaired) electrons. The summed E-state index contributed by atoms with van der Waals surface area (Å²) in [7, 11) is 3.93. The minimum Gasteiger partial charge on any atom is -0.337 e. The number of fused-ring (bicyclic) bond motifs is 2. The van der Waals surface area contributed by atoms with Crippen molar-refractivity contribution >= 4 is 5.91 Å². The third kappa shape index (κ3) is 3.07. The van der Waals surface area contributed by atoms with E-state index in [2.05, 4.69) is 29.4 Å². The molecular formula is C23H27N5O. The highest BCUT2D eigenvalue weighted by molar-refractivity contribution is 5.94. The van der Waals surface area contributed by atoms with Gasteiger partial charge in [0.1, 0.15) is 5.69 Å². The van der Waals surface area contributed by atoms with Crippen LogP contribution in [0.25, 0.3) is 11.3 Å². The summed E-state index contributed by atoms with van der Waals surface area (Å²) in [5.74, 6) is 0.130. The Labute approximate surface area is 171 Å². The van der Waals surface area contributed by atoms with Gasteiger partial charge in [-0.3, -0.25) is 14.2 Å². The Hall–Kier alpha value is -2.89. The Kier molecular flexibility index (Phi) is 4.49. The molecule has 0 saturated carbocycles. The van der Waals surface area contributed by atoms with E-state index in [1.54, 1.807) is 0 Å². The molecule has 6 heteroatoms. The Morgan fingerprint density at radius 1 is 0.862 bits per heavy atom. The average Bonchev–Trinajstić information content (AvgIpc) is 3.13. The van der Waals surface area contributed by atoms with Crippen LogP contribution < -0.4 is 0 Å². The van der Waals surface area contributed by atoms with Gasteiger partial charge in [0.05, 0.1) is 11.4 Å². The zero-order chi connectivity index (χ0) is 20.0. The van der Waals surface area contributed by atoms with Crippen LogP contribution in [0.3, 0.4) is 0 Å². The number of hydrogen-bond donors (Lipinski definition) is 0. The van der Waals surface area contributed by atoms with Crippen molar-refractivity contribution in [1.29, 1.82) is 0 Å². The van der Waals surface area contributed by atoms with E-state index in [4.69, 9.17) is 5.10 Å². The Morgan fingerprint density at radius 2 is 1.62 bits per heavy atom. The smallest absolute Gasteiger partial charge is 0.272 e. The van der Waals surface area contributed by atoms with E-state index in [0.717, 1.165) is 67.8 Å². The van der Waals surface area contributed by atoms with Gasteiger partial charge in [-0.2, -0.15) is 10.2 Å². The van der Waals surface area contributed by atoms with Crippen LogP contribution in [0.5, 0.6) is 0 Å². The zero-order valence-corrected chi connectivity index (χ0v) is 17.2. The molecule has 0 atom stereocenters. The molecule has 0 bridgehead atoms. The molecule has 3 aromatic rings. The normalized spacial score (nSPS) is 16.3. The molecular weight excluding hydrogens is 362 g/mol. The van der Waals surface area contributed by atoms with Gasteiger partial charge in [0.2, 0.25) is 0 Å². The largest absolute Gasteiger partial charge is 0.337 e. The van der Waals surface area contributed by atoms with Gasteiger partial charge < -0.3 is 4.90 Å². The van der Waals surface area contributed by atoms with E-state index >= 15 is 0 Å². The molecule has 0 spiro atoms. The topological polar surface area (TPSA) is 56.0 Å². The molecule has 1 aliphatic carbocycles. The van der Waals surface area contributed by atoms with Gasteiger partial charge in [-0.05, 0) is 32.1 Å². The third-order valence-corrected chi connectivity index (χ3v) is 6.38. The highest BCUT2D eigenvalue weighted by Gasteiger charge is 2.30. The molecule has 0 fully saturated rings. The van der Waals surface area contributed by atoms with Gasteiger partial charge in [-0.1, -0.05) is 30.3 Å². The average molecular weight is 390 g/mol. The van der Waals surface area contributed by atoms with Gasteiger partial charge in [0, 0.05) is 56.0 Å². The second kappa shape index (κ2) is 7.17. The van der Waals surface area contributed by atoms with Gasteiger partial charge in [0.25, 0.3) is 5.91 Å². The van der Waals surface area contributed by atoms with Crippen LogP contribution in [0.1, 0.15) is 45.8 Å². The summed E-state index contributed by atoms with van der Waals surface area (Å²) in [5.41, 5.74) is 7.81. The molecule has 0 N–H and O–H groups in total. The van der Waals surface area contributed by atoms with E-state index < -0.39 is 0 Å². The first-order valence-electron chi connectivity index (χ1n) is 10.6. The third-order valence-electron chi connectivity index (χ3n) is 6.38. The number of nitrogens with zero attached hydrogens (tertiary/aromatic N) is 5. The first kappa shape index (κ1) is 18.2. The monoisotopic (exact) mass is 389 g/mol. The molecule has 1 amide bonds. The number of carbonyl (C=O) groups excluding carboxylic acids is 1. The highest BCUT2D eigenvalue weighted by Crippen LogP contribution is 2.29. The molecule has 29 heavy (non-hydrogen) atoms. The van der Waals surface area contributed by atoms with Crippen LogP contribution in [0.2, 0.25) is 0 Å². The Morgan fingerprint density at radius 3 is 2.45 bits per heavy atom. The van der Waals surface area contributed by atoms with E-state index in [1.165, 1.54) is 23.2 Å². The quantitative estimate of drug-likeness (QED) is 0.677. The summed E-state index contributed by atoms with van der Waals surface area (Å²) in [4.78, 5) is 15.5. The fourth-order valence-electron chi connectivity index (χ4n) is 4.91. The van der Waals surface area contributed by atoms with Gasteiger partial charge in [0.15, 0.2) is 0 Å². The number of hydrogen-bond acceptors (Lipinski definition) is 3. The molecule has 2 aliphatic rings. The van der Waals surface area contributed by atoms with Crippen LogP contribution in [0.15, 0.2) is 30.3 Å². The van der Waals surface area contributed by atoms with Gasteiger partial charge in [-0.15, -0.1) is 0 Å². The second-order valence-electron chi connectivity index (χ2n) is 8.16. The minimum atomic E-state index is 0.130. The van der Waals surface area contributed by atoms with Crippen LogP contribution in [0.4, 0.5) is 0 Å². The van der Waals surface area contributed by atoms with Crippen LogP contribution in [-0.4, -0.2) is 43.5 Å². The predicted octanol–water partition coefficient (Wildman–Crippen LogP) is 2.94. The van der Waals surface area contributed by atoms with Gasteiger partial charge in [-0.25, -0.2) is 0 Å². The van der Waals surface area contributed by atoms with Gasteiger partial charge >= 0.3 is 0 Å². The van der Waals surface area contributed by atoms with Crippen LogP contribution in [0, 0.1) is 0 Å². The number of amides is 1. The van der Waals surface area contributed by atoms with Crippen LogP contribution in [-0.2, 0) is 39.8 Å². The maximum atomic E-state index is 13.5. The first-order valence-corrected chi connectivity index (χ1v) is 10.6. The summed E-state index contributed by atoms with van der Waals surface area (Å²) in [6.45, 7) is 1.44. The fraction of sp³-hybridized carbons (Fsp3) is 0.435. The molecule has 3 heterocycles. The maximum absolute atomic E-state index is 13.5. The van der Waals surface area contributed by atoms with Crippen molar-refractivity contribution in [2.24, 2.45) is 14.1 Å². The second-order valence-corrected chi connectivity index (χ2v) is 8.16. The number of aryl methyl sites for hydroxylation is 3. The molecule has 150 valence electrons. The summed E-state index contributed by atoms with van der Waals surface area (Å²) in [6.07, 6.45) is 5.95. The fourth-order valence-corrected chi connectivity index (χ4v) is 4.91. The molecule has 1 aliphatic heterocycles. The number of carbonyl (C=O) groups is 1. The predicted molar refractivity (Wildman–Crippen MR) is 112 cm³/mol. The minimum absolute atomic E-state index is 0.130. The summed E-state index contributed by atoms with van der Waals surface area (Å²) >= 11 is 0. The standard InChI is InChI=1S/C23H27N5O/c1-26-20-13-15-28(14-12-18(20)21(25-26)16-8-4-3-5-9-16)23(29)22-17-10-6-7-11-19(17)24-27(22)2/h3-5,8-9H,6-7,10-15H2,1-2H3. The van der Waals surface area contributed by atoms with E-state index in [0.29, 0.717) is 0 Å². The van der Waals surface area contributed by atoms with Crippen molar-refractivity contribution in [3.8, 4) is 11.3 Å². The lowest BCUT2D eigenvalue weighted by Gasteiger charge is -2.22. The number of benzene rings is 1. The lowest BCUT2D eigenvalue weighted by atomic mass is 9.95. The molecule has 1 aromatic carbocycles. The van der Waals surface area contributed by atoms with Crippen molar-refractivity contribution in [3.63, 3.8) is 0 Å². The Balaban J connectivity index is 1.43. The lowest BCUT2D eigenvalue weighted by Crippen LogP contribution is -2.35. The van der Waals surface area contributed by atoms with Crippen molar-refractivity contribution < 1.29 is 4.79 Å². The SMILES string of the molecule is Cn1nc(-c2ccccc2)c2c1CCN(C(=O)c1c3c(nn1C)CCCC3)CC2. The molecule has 0 saturated heterocycles. The molecule has 5 rings (SSSR count). The summed E-state index contributed by atoms with van der Waals surface area (Å²) < 4.78 is 3.81. The van der Waals surface area contributed by atoms with E-state index in [-0.39, 0.29) is 5.91 Å². The van der Waals surface area contributed by atoms with E-state index in [1.807, 2.05) is 34.4 Å². The first-order chi connectivity index (χ1) is 14.1. The molecule has 2 aromatic heterocycles. The van der Waals surface area contributed by atoms with E-state index in [9.17, 15) is 4.79 Å². The number of rotatable bonds is 2. The molecule has 6 nitrogen and oxygen atoms in total.